The lowest BCUT2D eigenvalue weighted by molar-refractivity contribution is -0.118. The van der Waals surface area contributed by atoms with Crippen LogP contribution < -0.4 is 15.4 Å². The Morgan fingerprint density at radius 1 is 1.45 bits per heavy atom. The van der Waals surface area contributed by atoms with Crippen molar-refractivity contribution in [2.75, 3.05) is 17.2 Å². The fourth-order valence-corrected chi connectivity index (χ4v) is 2.95. The smallest absolute Gasteiger partial charge is 0.262 e. The monoisotopic (exact) mass is 317 g/mol. The molecule has 7 heteroatoms. The zero-order chi connectivity index (χ0) is 15.7. The van der Waals surface area contributed by atoms with Crippen molar-refractivity contribution in [2.24, 2.45) is 0 Å². The quantitative estimate of drug-likeness (QED) is 0.910. The highest BCUT2D eigenvalue weighted by atomic mass is 32.1. The Hall–Kier alpha value is -2.41. The number of ether oxygens (including phenoxy) is 1. The zero-order valence-electron chi connectivity index (χ0n) is 12.2. The molecule has 0 radical (unpaired) electrons. The first-order chi connectivity index (χ1) is 10.5. The first-order valence-corrected chi connectivity index (χ1v) is 7.62. The molecular weight excluding hydrogens is 302 g/mol. The fourth-order valence-electron chi connectivity index (χ4n) is 2.12. The molecule has 2 heterocycles. The Morgan fingerprint density at radius 3 is 3.00 bits per heavy atom. The maximum atomic E-state index is 12.1. The van der Waals surface area contributed by atoms with E-state index in [4.69, 9.17) is 4.74 Å². The number of benzene rings is 1. The molecule has 1 aromatic carbocycles. The Bertz CT molecular complexity index is 735. The van der Waals surface area contributed by atoms with Crippen LogP contribution in [0, 0.1) is 13.8 Å². The Morgan fingerprint density at radius 2 is 2.27 bits per heavy atom. The molecule has 6 nitrogen and oxygen atoms in total. The zero-order valence-corrected chi connectivity index (χ0v) is 13.0. The summed E-state index contributed by atoms with van der Waals surface area (Å²) < 4.78 is 5.29. The third kappa shape index (κ3) is 3.09. The van der Waals surface area contributed by atoms with Crippen LogP contribution in [0.15, 0.2) is 18.2 Å². The lowest BCUT2D eigenvalue weighted by atomic mass is 10.1. The summed E-state index contributed by atoms with van der Waals surface area (Å²) in [5, 5.41) is 6.12. The van der Waals surface area contributed by atoms with Crippen LogP contribution in [0.3, 0.4) is 0 Å². The molecule has 2 amide bonds. The van der Waals surface area contributed by atoms with Crippen LogP contribution in [0.2, 0.25) is 0 Å². The molecule has 0 atom stereocenters. The number of aryl methyl sites for hydroxylation is 2. The van der Waals surface area contributed by atoms with Gasteiger partial charge in [0, 0.05) is 4.88 Å². The van der Waals surface area contributed by atoms with Gasteiger partial charge in [-0.3, -0.25) is 9.59 Å². The maximum absolute atomic E-state index is 12.1. The summed E-state index contributed by atoms with van der Waals surface area (Å²) in [5.41, 5.74) is 2.32. The van der Waals surface area contributed by atoms with Gasteiger partial charge in [0.25, 0.3) is 5.91 Å². The molecule has 0 bridgehead atoms. The highest BCUT2D eigenvalue weighted by Crippen LogP contribution is 2.28. The van der Waals surface area contributed by atoms with Crippen molar-refractivity contribution in [3.63, 3.8) is 0 Å². The average Bonchev–Trinajstić information content (AvgIpc) is 2.76. The predicted molar refractivity (Wildman–Crippen MR) is 84.5 cm³/mol. The lowest BCUT2D eigenvalue weighted by Crippen LogP contribution is -2.25. The van der Waals surface area contributed by atoms with Crippen LogP contribution in [0.4, 0.5) is 10.8 Å². The number of nitrogens with zero attached hydrogens (tertiary/aromatic N) is 1. The number of hydrogen-bond acceptors (Lipinski definition) is 5. The van der Waals surface area contributed by atoms with Gasteiger partial charge in [-0.2, -0.15) is 0 Å². The molecule has 1 aliphatic rings. The lowest BCUT2D eigenvalue weighted by Gasteiger charge is -2.18. The summed E-state index contributed by atoms with van der Waals surface area (Å²) >= 11 is 1.46. The Kier molecular flexibility index (Phi) is 3.81. The van der Waals surface area contributed by atoms with Gasteiger partial charge in [0.1, 0.15) is 5.75 Å². The van der Waals surface area contributed by atoms with Crippen LogP contribution >= 0.6 is 11.3 Å². The van der Waals surface area contributed by atoms with E-state index in [1.54, 1.807) is 12.1 Å². The number of amides is 2. The number of aromatic nitrogens is 1. The number of carbonyl (C=O) groups is 2. The summed E-state index contributed by atoms with van der Waals surface area (Å²) in [4.78, 5) is 28.8. The van der Waals surface area contributed by atoms with Crippen LogP contribution in [-0.4, -0.2) is 23.4 Å². The van der Waals surface area contributed by atoms with Gasteiger partial charge in [0.05, 0.1) is 17.8 Å². The van der Waals surface area contributed by atoms with E-state index in [0.29, 0.717) is 16.6 Å². The number of rotatable bonds is 3. The number of carbonyl (C=O) groups excluding carboxylic acids is 2. The number of nitrogens with one attached hydrogen (secondary N) is 2. The number of hydrogen-bond donors (Lipinski definition) is 2. The molecule has 2 N–H and O–H groups in total. The minimum atomic E-state index is -0.192. The molecule has 114 valence electrons. The third-order valence-corrected chi connectivity index (χ3v) is 4.30. The molecule has 3 rings (SSSR count). The molecule has 1 aliphatic heterocycles. The van der Waals surface area contributed by atoms with Gasteiger partial charge in [-0.25, -0.2) is 4.98 Å². The molecular formula is C15H15N3O3S. The van der Waals surface area contributed by atoms with Crippen LogP contribution in [0.5, 0.6) is 5.75 Å². The minimum Gasteiger partial charge on any atom is -0.482 e. The van der Waals surface area contributed by atoms with Gasteiger partial charge < -0.3 is 15.4 Å². The van der Waals surface area contributed by atoms with E-state index in [1.165, 1.54) is 11.3 Å². The van der Waals surface area contributed by atoms with Crippen LogP contribution in [0.1, 0.15) is 16.1 Å². The topological polar surface area (TPSA) is 80.3 Å². The largest absolute Gasteiger partial charge is 0.482 e. The molecule has 1 aromatic heterocycles. The summed E-state index contributed by atoms with van der Waals surface area (Å²) in [6, 6.07) is 5.33. The van der Waals surface area contributed by atoms with Crippen molar-refractivity contribution >= 4 is 34.0 Å². The number of anilines is 2. The van der Waals surface area contributed by atoms with E-state index in [1.807, 2.05) is 19.9 Å². The summed E-state index contributed by atoms with van der Waals surface area (Å²) in [6.07, 6.45) is 0.209. The van der Waals surface area contributed by atoms with Gasteiger partial charge in [0.2, 0.25) is 5.91 Å². The average molecular weight is 317 g/mol. The number of fused-ring (bicyclic) bond motifs is 1. The SMILES string of the molecule is Cc1nc(NC(=O)Cc2ccc3c(c2)NC(=O)CO3)sc1C. The van der Waals surface area contributed by atoms with Crippen molar-refractivity contribution in [3.8, 4) is 5.75 Å². The first kappa shape index (κ1) is 14.5. The van der Waals surface area contributed by atoms with Crippen molar-refractivity contribution in [2.45, 2.75) is 20.3 Å². The predicted octanol–water partition coefficient (Wildman–Crippen LogP) is 2.27. The maximum Gasteiger partial charge on any atom is 0.262 e. The summed E-state index contributed by atoms with van der Waals surface area (Å²) in [6.45, 7) is 3.90. The van der Waals surface area contributed by atoms with E-state index in [-0.39, 0.29) is 24.8 Å². The van der Waals surface area contributed by atoms with Gasteiger partial charge in [-0.1, -0.05) is 6.07 Å². The second-order valence-corrected chi connectivity index (χ2v) is 6.26. The highest BCUT2D eigenvalue weighted by Gasteiger charge is 2.17. The molecule has 22 heavy (non-hydrogen) atoms. The molecule has 0 saturated carbocycles. The fraction of sp³-hybridized carbons (Fsp3) is 0.267. The Balaban J connectivity index is 1.69. The molecule has 0 spiro atoms. The summed E-state index contributed by atoms with van der Waals surface area (Å²) in [7, 11) is 0. The van der Waals surface area contributed by atoms with E-state index >= 15 is 0 Å². The van der Waals surface area contributed by atoms with Crippen molar-refractivity contribution < 1.29 is 14.3 Å². The summed E-state index contributed by atoms with van der Waals surface area (Å²) in [5.74, 6) is 0.287. The second kappa shape index (κ2) is 5.76. The van der Waals surface area contributed by atoms with E-state index < -0.39 is 0 Å². The molecule has 2 aromatic rings. The van der Waals surface area contributed by atoms with Crippen molar-refractivity contribution in [1.29, 1.82) is 0 Å². The van der Waals surface area contributed by atoms with E-state index in [9.17, 15) is 9.59 Å². The Labute approximate surface area is 131 Å². The molecule has 0 aliphatic carbocycles. The van der Waals surface area contributed by atoms with Crippen molar-refractivity contribution in [1.82, 2.24) is 4.98 Å². The highest BCUT2D eigenvalue weighted by molar-refractivity contribution is 7.15. The second-order valence-electron chi connectivity index (χ2n) is 5.05. The van der Waals surface area contributed by atoms with Gasteiger partial charge in [-0.15, -0.1) is 11.3 Å². The van der Waals surface area contributed by atoms with E-state index in [0.717, 1.165) is 16.1 Å². The molecule has 0 fully saturated rings. The number of thiazole rings is 1. The third-order valence-electron chi connectivity index (χ3n) is 3.32. The van der Waals surface area contributed by atoms with Crippen LogP contribution in [-0.2, 0) is 16.0 Å². The van der Waals surface area contributed by atoms with Crippen molar-refractivity contribution in [3.05, 3.63) is 34.3 Å². The minimum absolute atomic E-state index is 0.0234. The normalized spacial score (nSPS) is 13.1. The molecule has 0 saturated heterocycles. The molecule has 0 unspecified atom stereocenters. The van der Waals surface area contributed by atoms with Gasteiger partial charge in [0.15, 0.2) is 11.7 Å². The van der Waals surface area contributed by atoms with Gasteiger partial charge >= 0.3 is 0 Å². The first-order valence-electron chi connectivity index (χ1n) is 6.81. The standard InChI is InChI=1S/C15H15N3O3S/c1-8-9(2)22-15(16-8)18-13(19)6-10-3-4-12-11(5-10)17-14(20)7-21-12/h3-5H,6-7H2,1-2H3,(H,17,20)(H,16,18,19). The van der Waals surface area contributed by atoms with Gasteiger partial charge in [-0.05, 0) is 31.5 Å². The van der Waals surface area contributed by atoms with E-state index in [2.05, 4.69) is 15.6 Å². The van der Waals surface area contributed by atoms with Crippen LogP contribution in [0.25, 0.3) is 0 Å².